The van der Waals surface area contributed by atoms with Gasteiger partial charge < -0.3 is 10.1 Å². The molecule has 0 radical (unpaired) electrons. The van der Waals surface area contributed by atoms with E-state index in [9.17, 15) is 0 Å². The van der Waals surface area contributed by atoms with E-state index >= 15 is 0 Å². The van der Waals surface area contributed by atoms with Gasteiger partial charge in [0.2, 0.25) is 0 Å². The fourth-order valence-corrected chi connectivity index (χ4v) is 2.29. The maximum absolute atomic E-state index is 5.89. The molecule has 0 saturated carbocycles. The van der Waals surface area contributed by atoms with E-state index in [4.69, 9.17) is 4.74 Å². The highest BCUT2D eigenvalue weighted by atomic mass is 16.5. The molecule has 2 rings (SSSR count). The van der Waals surface area contributed by atoms with Crippen LogP contribution in [0.3, 0.4) is 0 Å². The van der Waals surface area contributed by atoms with Crippen LogP contribution in [0, 0.1) is 0 Å². The Hall–Kier alpha value is -1.18. The monoisotopic (exact) mass is 233 g/mol. The maximum Gasteiger partial charge on any atom is 0.142 e. The molecule has 2 nitrogen and oxygen atoms in total. The number of ether oxygens (including phenoxy) is 1. The number of nitrogens with one attached hydrogen (secondary N) is 1. The van der Waals surface area contributed by atoms with Crippen LogP contribution >= 0.6 is 0 Å². The zero-order valence-electron chi connectivity index (χ0n) is 11.0. The summed E-state index contributed by atoms with van der Waals surface area (Å²) in [6, 6.07) is 6.94. The fraction of sp³-hybridized carbons (Fsp3) is 0.600. The van der Waals surface area contributed by atoms with Crippen molar-refractivity contribution in [1.82, 2.24) is 0 Å². The smallest absolute Gasteiger partial charge is 0.142 e. The van der Waals surface area contributed by atoms with Crippen LogP contribution in [-0.2, 0) is 6.42 Å². The minimum atomic E-state index is 0.558. The summed E-state index contributed by atoms with van der Waals surface area (Å²) in [5.41, 5.74) is 2.62. The highest BCUT2D eigenvalue weighted by Crippen LogP contribution is 2.33. The molecule has 0 saturated heterocycles. The van der Waals surface area contributed by atoms with Gasteiger partial charge >= 0.3 is 0 Å². The van der Waals surface area contributed by atoms with Gasteiger partial charge in [0.1, 0.15) is 5.75 Å². The minimum Gasteiger partial charge on any atom is -0.491 e. The molecule has 1 aromatic carbocycles. The summed E-state index contributed by atoms with van der Waals surface area (Å²) in [4.78, 5) is 0. The molecular weight excluding hydrogens is 210 g/mol. The van der Waals surface area contributed by atoms with E-state index in [1.165, 1.54) is 30.5 Å². The molecule has 2 heteroatoms. The number of hydrogen-bond donors (Lipinski definition) is 1. The molecular formula is C15H23NO. The molecule has 0 spiro atoms. The van der Waals surface area contributed by atoms with E-state index in [0.717, 1.165) is 25.2 Å². The molecule has 0 aliphatic carbocycles. The number of unbranched alkanes of at least 4 members (excludes halogenated alkanes) is 2. The normalized spacial score (nSPS) is 18.4. The first-order valence-electron chi connectivity index (χ1n) is 6.82. The second-order valence-electron chi connectivity index (χ2n) is 4.93. The van der Waals surface area contributed by atoms with Crippen molar-refractivity contribution in [1.29, 1.82) is 0 Å². The minimum absolute atomic E-state index is 0.558. The molecule has 94 valence electrons. The molecule has 1 unspecified atom stereocenters. The number of fused-ring (bicyclic) bond motifs is 1. The average molecular weight is 233 g/mol. The Balaban J connectivity index is 2.01. The largest absolute Gasteiger partial charge is 0.491 e. The van der Waals surface area contributed by atoms with Gasteiger partial charge in [-0.3, -0.25) is 0 Å². The van der Waals surface area contributed by atoms with Crippen LogP contribution in [0.1, 0.15) is 45.1 Å². The molecule has 1 aliphatic heterocycles. The molecule has 0 fully saturated rings. The van der Waals surface area contributed by atoms with Crippen molar-refractivity contribution in [3.63, 3.8) is 0 Å². The van der Waals surface area contributed by atoms with E-state index in [2.05, 4.69) is 37.4 Å². The first-order valence-corrected chi connectivity index (χ1v) is 6.82. The molecule has 1 heterocycles. The maximum atomic E-state index is 5.89. The number of anilines is 1. The third-order valence-electron chi connectivity index (χ3n) is 3.36. The van der Waals surface area contributed by atoms with Gasteiger partial charge in [0.15, 0.2) is 0 Å². The number of rotatable bonds is 5. The van der Waals surface area contributed by atoms with Gasteiger partial charge in [0.05, 0.1) is 12.3 Å². The Labute approximate surface area is 104 Å². The third kappa shape index (κ3) is 3.15. The second-order valence-corrected chi connectivity index (χ2v) is 4.93. The molecule has 0 aromatic heterocycles. The summed E-state index contributed by atoms with van der Waals surface area (Å²) in [5, 5.41) is 3.54. The molecule has 1 aromatic rings. The van der Waals surface area contributed by atoms with E-state index in [-0.39, 0.29) is 0 Å². The van der Waals surface area contributed by atoms with Crippen LogP contribution in [-0.4, -0.2) is 12.6 Å². The van der Waals surface area contributed by atoms with Crippen LogP contribution in [0.5, 0.6) is 5.75 Å². The van der Waals surface area contributed by atoms with E-state index in [0.29, 0.717) is 6.04 Å². The molecule has 1 atom stereocenters. The predicted molar refractivity (Wildman–Crippen MR) is 72.9 cm³/mol. The van der Waals surface area contributed by atoms with E-state index in [1.54, 1.807) is 0 Å². The van der Waals surface area contributed by atoms with Crippen molar-refractivity contribution < 1.29 is 4.74 Å². The number of para-hydroxylation sites is 1. The SMILES string of the molecule is CCCCCOc1cccc2c1NC(C)CC2. The van der Waals surface area contributed by atoms with Crippen molar-refractivity contribution in [3.8, 4) is 5.75 Å². The molecule has 0 bridgehead atoms. The van der Waals surface area contributed by atoms with Crippen molar-refractivity contribution in [2.24, 2.45) is 0 Å². The first-order chi connectivity index (χ1) is 8.31. The topological polar surface area (TPSA) is 21.3 Å². The van der Waals surface area contributed by atoms with Crippen molar-refractivity contribution >= 4 is 5.69 Å². The number of hydrogen-bond acceptors (Lipinski definition) is 2. The van der Waals surface area contributed by atoms with Crippen LogP contribution < -0.4 is 10.1 Å². The summed E-state index contributed by atoms with van der Waals surface area (Å²) in [7, 11) is 0. The third-order valence-corrected chi connectivity index (χ3v) is 3.36. The lowest BCUT2D eigenvalue weighted by Crippen LogP contribution is -2.22. The first kappa shape index (κ1) is 12.3. The highest BCUT2D eigenvalue weighted by Gasteiger charge is 2.17. The van der Waals surface area contributed by atoms with Gasteiger partial charge in [-0.1, -0.05) is 31.9 Å². The van der Waals surface area contributed by atoms with Gasteiger partial charge in [-0.15, -0.1) is 0 Å². The lowest BCUT2D eigenvalue weighted by molar-refractivity contribution is 0.306. The Morgan fingerprint density at radius 1 is 1.35 bits per heavy atom. The number of aryl methyl sites for hydroxylation is 1. The summed E-state index contributed by atoms with van der Waals surface area (Å²) in [6.45, 7) is 5.28. The van der Waals surface area contributed by atoms with Crippen LogP contribution in [0.2, 0.25) is 0 Å². The lowest BCUT2D eigenvalue weighted by atomic mass is 9.98. The molecule has 0 amide bonds. The summed E-state index contributed by atoms with van der Waals surface area (Å²) < 4.78 is 5.89. The Morgan fingerprint density at radius 2 is 2.24 bits per heavy atom. The van der Waals surface area contributed by atoms with Crippen molar-refractivity contribution in [2.45, 2.75) is 52.0 Å². The second kappa shape index (κ2) is 5.95. The molecule has 1 N–H and O–H groups in total. The van der Waals surface area contributed by atoms with Gasteiger partial charge in [-0.05, 0) is 37.8 Å². The fourth-order valence-electron chi connectivity index (χ4n) is 2.29. The molecule has 17 heavy (non-hydrogen) atoms. The van der Waals surface area contributed by atoms with E-state index < -0.39 is 0 Å². The zero-order chi connectivity index (χ0) is 12.1. The average Bonchev–Trinajstić information content (AvgIpc) is 2.35. The Kier molecular flexibility index (Phi) is 4.29. The quantitative estimate of drug-likeness (QED) is 0.776. The number of benzene rings is 1. The predicted octanol–water partition coefficient (Wildman–Crippen LogP) is 4.00. The lowest BCUT2D eigenvalue weighted by Gasteiger charge is -2.26. The Morgan fingerprint density at radius 3 is 3.06 bits per heavy atom. The zero-order valence-corrected chi connectivity index (χ0v) is 11.0. The van der Waals surface area contributed by atoms with Gasteiger partial charge in [0.25, 0.3) is 0 Å². The highest BCUT2D eigenvalue weighted by molar-refractivity contribution is 5.63. The summed E-state index contributed by atoms with van der Waals surface area (Å²) in [5.74, 6) is 1.03. The van der Waals surface area contributed by atoms with Crippen LogP contribution in [0.15, 0.2) is 18.2 Å². The van der Waals surface area contributed by atoms with Gasteiger partial charge in [0, 0.05) is 6.04 Å². The standard InChI is InChI=1S/C15H23NO/c1-3-4-5-11-17-14-8-6-7-13-10-9-12(2)16-15(13)14/h6-8,12,16H,3-5,9-11H2,1-2H3. The van der Waals surface area contributed by atoms with E-state index in [1.807, 2.05) is 0 Å². The van der Waals surface area contributed by atoms with Crippen molar-refractivity contribution in [3.05, 3.63) is 23.8 Å². The van der Waals surface area contributed by atoms with Crippen molar-refractivity contribution in [2.75, 3.05) is 11.9 Å². The summed E-state index contributed by atoms with van der Waals surface area (Å²) >= 11 is 0. The summed E-state index contributed by atoms with van der Waals surface area (Å²) in [6.07, 6.45) is 6.02. The molecule has 1 aliphatic rings. The van der Waals surface area contributed by atoms with Gasteiger partial charge in [-0.2, -0.15) is 0 Å². The Bertz CT molecular complexity index is 362. The van der Waals surface area contributed by atoms with Crippen LogP contribution in [0.25, 0.3) is 0 Å². The van der Waals surface area contributed by atoms with Crippen LogP contribution in [0.4, 0.5) is 5.69 Å². The van der Waals surface area contributed by atoms with Gasteiger partial charge in [-0.25, -0.2) is 0 Å².